The first kappa shape index (κ1) is 15.4. The highest BCUT2D eigenvalue weighted by Gasteiger charge is 2.31. The Morgan fingerprint density at radius 1 is 1.15 bits per heavy atom. The van der Waals surface area contributed by atoms with Gasteiger partial charge in [-0.25, -0.2) is 0 Å². The Morgan fingerprint density at radius 3 is 2.40 bits per heavy atom. The van der Waals surface area contributed by atoms with Crippen LogP contribution in [-0.4, -0.2) is 13.7 Å². The summed E-state index contributed by atoms with van der Waals surface area (Å²) in [4.78, 5) is 0. The summed E-state index contributed by atoms with van der Waals surface area (Å²) >= 11 is 0. The Kier molecular flexibility index (Phi) is 5.90. The molecule has 0 spiro atoms. The molecule has 1 atom stereocenters. The zero-order valence-electron chi connectivity index (χ0n) is 13.2. The fourth-order valence-electron chi connectivity index (χ4n) is 2.73. The largest absolute Gasteiger partial charge is 0.497 e. The Hall–Kier alpha value is -1.02. The zero-order valence-corrected chi connectivity index (χ0v) is 13.2. The summed E-state index contributed by atoms with van der Waals surface area (Å²) in [7, 11) is 1.72. The molecule has 0 aliphatic heterocycles. The minimum Gasteiger partial charge on any atom is -0.497 e. The van der Waals surface area contributed by atoms with E-state index in [-0.39, 0.29) is 0 Å². The third-order valence-electron chi connectivity index (χ3n) is 4.14. The topological polar surface area (TPSA) is 21.3 Å². The van der Waals surface area contributed by atoms with Gasteiger partial charge in [0, 0.05) is 6.04 Å². The average molecular weight is 275 g/mol. The van der Waals surface area contributed by atoms with Gasteiger partial charge >= 0.3 is 0 Å². The van der Waals surface area contributed by atoms with Gasteiger partial charge in [0.1, 0.15) is 5.75 Å². The highest BCUT2D eigenvalue weighted by molar-refractivity contribution is 5.30. The number of hydrogen-bond acceptors (Lipinski definition) is 2. The van der Waals surface area contributed by atoms with E-state index in [1.165, 1.54) is 37.7 Å². The normalized spacial score (nSPS) is 16.4. The third kappa shape index (κ3) is 4.82. The predicted molar refractivity (Wildman–Crippen MR) is 85.2 cm³/mol. The molecular weight excluding hydrogens is 246 g/mol. The smallest absolute Gasteiger partial charge is 0.118 e. The zero-order chi connectivity index (χ0) is 14.4. The average Bonchev–Trinajstić information content (AvgIpc) is 3.27. The van der Waals surface area contributed by atoms with Gasteiger partial charge in [0.05, 0.1) is 7.11 Å². The van der Waals surface area contributed by atoms with Gasteiger partial charge in [0.2, 0.25) is 0 Å². The maximum Gasteiger partial charge on any atom is 0.118 e. The SMILES string of the molecule is COc1ccc(C(NCCCCC(C)C)C2CC2)cc1. The molecule has 1 unspecified atom stereocenters. The molecule has 2 rings (SSSR count). The molecule has 1 aliphatic rings. The molecule has 2 nitrogen and oxygen atoms in total. The first-order valence-corrected chi connectivity index (χ1v) is 8.08. The molecule has 1 N–H and O–H groups in total. The molecule has 2 heteroatoms. The Labute approximate surface area is 123 Å². The van der Waals surface area contributed by atoms with Gasteiger partial charge in [-0.2, -0.15) is 0 Å². The second-order valence-corrected chi connectivity index (χ2v) is 6.43. The molecule has 20 heavy (non-hydrogen) atoms. The minimum atomic E-state index is 0.542. The lowest BCUT2D eigenvalue weighted by atomic mass is 10.0. The van der Waals surface area contributed by atoms with Crippen molar-refractivity contribution in [1.82, 2.24) is 5.32 Å². The molecule has 1 aliphatic carbocycles. The molecule has 1 aromatic carbocycles. The van der Waals surface area contributed by atoms with Crippen LogP contribution in [0, 0.1) is 11.8 Å². The summed E-state index contributed by atoms with van der Waals surface area (Å²) in [6.07, 6.45) is 6.71. The van der Waals surface area contributed by atoms with Crippen molar-refractivity contribution in [2.24, 2.45) is 11.8 Å². The highest BCUT2D eigenvalue weighted by Crippen LogP contribution is 2.41. The number of hydrogen-bond donors (Lipinski definition) is 1. The van der Waals surface area contributed by atoms with E-state index in [1.54, 1.807) is 7.11 Å². The van der Waals surface area contributed by atoms with Crippen molar-refractivity contribution in [2.45, 2.75) is 52.0 Å². The molecule has 0 radical (unpaired) electrons. The first-order valence-electron chi connectivity index (χ1n) is 8.08. The van der Waals surface area contributed by atoms with E-state index in [1.807, 2.05) is 0 Å². The number of rotatable bonds is 9. The van der Waals surface area contributed by atoms with Crippen LogP contribution in [0.5, 0.6) is 5.75 Å². The standard InChI is InChI=1S/C18H29NO/c1-14(2)6-4-5-13-19-18(15-7-8-15)16-9-11-17(20-3)12-10-16/h9-12,14-15,18-19H,4-8,13H2,1-3H3. The molecule has 1 fully saturated rings. The van der Waals surface area contributed by atoms with Crippen LogP contribution >= 0.6 is 0 Å². The van der Waals surface area contributed by atoms with E-state index in [0.717, 1.165) is 24.1 Å². The molecular formula is C18H29NO. The van der Waals surface area contributed by atoms with E-state index in [2.05, 4.69) is 43.4 Å². The lowest BCUT2D eigenvalue weighted by Crippen LogP contribution is -2.24. The molecule has 0 saturated heterocycles. The molecule has 0 aromatic heterocycles. The summed E-state index contributed by atoms with van der Waals surface area (Å²) in [5, 5.41) is 3.77. The molecule has 1 saturated carbocycles. The van der Waals surface area contributed by atoms with Gasteiger partial charge in [0.15, 0.2) is 0 Å². The van der Waals surface area contributed by atoms with E-state index in [9.17, 15) is 0 Å². The third-order valence-corrected chi connectivity index (χ3v) is 4.14. The number of ether oxygens (including phenoxy) is 1. The number of methoxy groups -OCH3 is 1. The summed E-state index contributed by atoms with van der Waals surface area (Å²) in [5.41, 5.74) is 1.41. The van der Waals surface area contributed by atoms with Crippen LogP contribution in [0.4, 0.5) is 0 Å². The molecule has 0 heterocycles. The van der Waals surface area contributed by atoms with Gasteiger partial charge in [0.25, 0.3) is 0 Å². The number of benzene rings is 1. The van der Waals surface area contributed by atoms with Crippen LogP contribution in [-0.2, 0) is 0 Å². The summed E-state index contributed by atoms with van der Waals surface area (Å²) in [6.45, 7) is 5.75. The van der Waals surface area contributed by atoms with Crippen molar-refractivity contribution >= 4 is 0 Å². The predicted octanol–water partition coefficient (Wildman–Crippen LogP) is 4.56. The quantitative estimate of drug-likeness (QED) is 0.667. The number of unbranched alkanes of at least 4 members (excludes halogenated alkanes) is 1. The van der Waals surface area contributed by atoms with E-state index in [0.29, 0.717) is 6.04 Å². The summed E-state index contributed by atoms with van der Waals surface area (Å²) in [5.74, 6) is 2.62. The molecule has 0 amide bonds. The summed E-state index contributed by atoms with van der Waals surface area (Å²) < 4.78 is 5.24. The van der Waals surface area contributed by atoms with E-state index < -0.39 is 0 Å². The molecule has 112 valence electrons. The van der Waals surface area contributed by atoms with Crippen LogP contribution in [0.1, 0.15) is 57.6 Å². The molecule has 1 aromatic rings. The monoisotopic (exact) mass is 275 g/mol. The first-order chi connectivity index (χ1) is 9.70. The van der Waals surface area contributed by atoms with Crippen molar-refractivity contribution in [3.05, 3.63) is 29.8 Å². The minimum absolute atomic E-state index is 0.542. The fourth-order valence-corrected chi connectivity index (χ4v) is 2.73. The van der Waals surface area contributed by atoms with Gasteiger partial charge < -0.3 is 10.1 Å². The fraction of sp³-hybridized carbons (Fsp3) is 0.667. The lowest BCUT2D eigenvalue weighted by molar-refractivity contribution is 0.413. The van der Waals surface area contributed by atoms with Crippen molar-refractivity contribution in [1.29, 1.82) is 0 Å². The highest BCUT2D eigenvalue weighted by atomic mass is 16.5. The second kappa shape index (κ2) is 7.68. The van der Waals surface area contributed by atoms with Crippen LogP contribution in [0.2, 0.25) is 0 Å². The number of nitrogens with one attached hydrogen (secondary N) is 1. The second-order valence-electron chi connectivity index (χ2n) is 6.43. The van der Waals surface area contributed by atoms with Gasteiger partial charge in [-0.15, -0.1) is 0 Å². The van der Waals surface area contributed by atoms with Crippen molar-refractivity contribution in [3.63, 3.8) is 0 Å². The molecule has 0 bridgehead atoms. The van der Waals surface area contributed by atoms with E-state index in [4.69, 9.17) is 4.74 Å². The van der Waals surface area contributed by atoms with Crippen LogP contribution < -0.4 is 10.1 Å². The maximum absolute atomic E-state index is 5.24. The van der Waals surface area contributed by atoms with Crippen LogP contribution in [0.25, 0.3) is 0 Å². The Bertz CT molecular complexity index is 381. The van der Waals surface area contributed by atoms with Gasteiger partial charge in [-0.1, -0.05) is 38.8 Å². The van der Waals surface area contributed by atoms with Gasteiger partial charge in [-0.3, -0.25) is 0 Å². The Balaban J connectivity index is 1.81. The van der Waals surface area contributed by atoms with Gasteiger partial charge in [-0.05, 0) is 55.3 Å². The summed E-state index contributed by atoms with van der Waals surface area (Å²) in [6, 6.07) is 9.11. The lowest BCUT2D eigenvalue weighted by Gasteiger charge is -2.19. The van der Waals surface area contributed by atoms with Crippen molar-refractivity contribution in [3.8, 4) is 5.75 Å². The van der Waals surface area contributed by atoms with Crippen molar-refractivity contribution < 1.29 is 4.74 Å². The van der Waals surface area contributed by atoms with Crippen LogP contribution in [0.3, 0.4) is 0 Å². The van der Waals surface area contributed by atoms with Crippen LogP contribution in [0.15, 0.2) is 24.3 Å². The van der Waals surface area contributed by atoms with E-state index >= 15 is 0 Å². The maximum atomic E-state index is 5.24. The Morgan fingerprint density at radius 2 is 1.85 bits per heavy atom. The van der Waals surface area contributed by atoms with Crippen molar-refractivity contribution in [2.75, 3.05) is 13.7 Å².